The zero-order valence-electron chi connectivity index (χ0n) is 17.8. The van der Waals surface area contributed by atoms with Gasteiger partial charge in [-0.1, -0.05) is 6.07 Å². The number of hydrogen-bond acceptors (Lipinski definition) is 7. The molecule has 1 aromatic carbocycles. The number of sulfone groups is 1. The number of nitrogens with zero attached hydrogens (tertiary/aromatic N) is 4. The van der Waals surface area contributed by atoms with E-state index in [0.29, 0.717) is 35.4 Å². The number of imidazole rings is 1. The van der Waals surface area contributed by atoms with Crippen molar-refractivity contribution in [3.05, 3.63) is 60.4 Å². The Balaban J connectivity index is 1.61. The van der Waals surface area contributed by atoms with E-state index in [2.05, 4.69) is 15.0 Å². The molecule has 3 N–H and O–H groups in total. The number of nitrogens with two attached hydrogens (primary N) is 1. The topological polar surface area (TPSA) is 123 Å². The van der Waals surface area contributed by atoms with Gasteiger partial charge in [0.2, 0.25) is 0 Å². The Morgan fingerprint density at radius 2 is 2.00 bits per heavy atom. The van der Waals surface area contributed by atoms with E-state index in [9.17, 15) is 17.9 Å². The van der Waals surface area contributed by atoms with Crippen molar-refractivity contribution < 1.29 is 17.9 Å². The van der Waals surface area contributed by atoms with Crippen LogP contribution < -0.4 is 5.73 Å². The quantitative estimate of drug-likeness (QED) is 0.462. The van der Waals surface area contributed by atoms with Crippen LogP contribution in [0.15, 0.2) is 53.9 Å². The molecule has 10 heteroatoms. The van der Waals surface area contributed by atoms with E-state index in [-0.39, 0.29) is 27.9 Å². The lowest BCUT2D eigenvalue weighted by molar-refractivity contribution is 0.0526. The van der Waals surface area contributed by atoms with Crippen LogP contribution >= 0.6 is 0 Å². The van der Waals surface area contributed by atoms with Gasteiger partial charge in [0.1, 0.15) is 0 Å². The van der Waals surface area contributed by atoms with Crippen molar-refractivity contribution in [3.63, 3.8) is 0 Å². The molecule has 0 unspecified atom stereocenters. The SMILES string of the molecule is Cc1ccc(S(=O)(=O)CC2CC(O)C2)cc1-c1cnc2c(N)nc(-c3ccncc3F)cn12. The molecule has 0 amide bonds. The minimum atomic E-state index is -3.53. The fourth-order valence-electron chi connectivity index (χ4n) is 4.24. The standard InChI is InChI=1S/C23H22FN5O3S/c1-13-2-3-16(33(31,32)12-14-6-15(30)7-14)8-18(13)21-10-27-23-22(25)28-20(11-29(21)23)17-4-5-26-9-19(17)24/h2-5,8-11,14-15,30H,6-7,12H2,1H3,(H2,25,28). The minimum absolute atomic E-state index is 0.00203. The van der Waals surface area contributed by atoms with Crippen molar-refractivity contribution in [1.82, 2.24) is 19.4 Å². The normalized spacial score (nSPS) is 18.4. The van der Waals surface area contributed by atoms with Gasteiger partial charge in [0.25, 0.3) is 0 Å². The molecule has 0 aliphatic heterocycles. The largest absolute Gasteiger partial charge is 0.393 e. The zero-order valence-corrected chi connectivity index (χ0v) is 18.6. The molecular weight excluding hydrogens is 445 g/mol. The third kappa shape index (κ3) is 3.85. The predicted octanol–water partition coefficient (Wildman–Crippen LogP) is 3.03. The summed E-state index contributed by atoms with van der Waals surface area (Å²) in [6.45, 7) is 1.88. The molecule has 8 nitrogen and oxygen atoms in total. The lowest BCUT2D eigenvalue weighted by atomic mass is 9.84. The molecule has 5 rings (SSSR count). The van der Waals surface area contributed by atoms with Gasteiger partial charge in [-0.2, -0.15) is 0 Å². The van der Waals surface area contributed by atoms with Gasteiger partial charge in [-0.15, -0.1) is 0 Å². The van der Waals surface area contributed by atoms with E-state index in [1.54, 1.807) is 35.0 Å². The van der Waals surface area contributed by atoms with Crippen LogP contribution in [0, 0.1) is 18.7 Å². The van der Waals surface area contributed by atoms with Crippen LogP contribution in [0.4, 0.5) is 10.2 Å². The molecule has 4 aromatic rings. The summed E-state index contributed by atoms with van der Waals surface area (Å²) in [6.07, 6.45) is 6.40. The highest BCUT2D eigenvalue weighted by Gasteiger charge is 2.32. The number of pyridine rings is 1. The van der Waals surface area contributed by atoms with Crippen molar-refractivity contribution in [2.24, 2.45) is 5.92 Å². The van der Waals surface area contributed by atoms with E-state index >= 15 is 0 Å². The molecule has 0 saturated heterocycles. The molecule has 0 bridgehead atoms. The fourth-order valence-corrected chi connectivity index (χ4v) is 5.90. The van der Waals surface area contributed by atoms with Gasteiger partial charge in [0, 0.05) is 23.5 Å². The van der Waals surface area contributed by atoms with E-state index in [1.807, 2.05) is 6.92 Å². The Labute approximate surface area is 189 Å². The van der Waals surface area contributed by atoms with Crippen molar-refractivity contribution in [1.29, 1.82) is 0 Å². The molecule has 3 heterocycles. The first-order chi connectivity index (χ1) is 15.7. The van der Waals surface area contributed by atoms with Crippen LogP contribution in [0.3, 0.4) is 0 Å². The summed E-state index contributed by atoms with van der Waals surface area (Å²) < 4.78 is 42.0. The van der Waals surface area contributed by atoms with Crippen LogP contribution in [0.2, 0.25) is 0 Å². The van der Waals surface area contributed by atoms with Crippen molar-refractivity contribution >= 4 is 21.3 Å². The second-order valence-electron chi connectivity index (χ2n) is 8.45. The number of rotatable bonds is 5. The molecule has 0 radical (unpaired) electrons. The summed E-state index contributed by atoms with van der Waals surface area (Å²) in [7, 11) is -3.53. The summed E-state index contributed by atoms with van der Waals surface area (Å²) in [5, 5.41) is 9.49. The van der Waals surface area contributed by atoms with Crippen LogP contribution in [0.1, 0.15) is 18.4 Å². The average molecular weight is 468 g/mol. The number of benzene rings is 1. The molecule has 1 aliphatic rings. The zero-order chi connectivity index (χ0) is 23.3. The molecule has 0 spiro atoms. The molecule has 170 valence electrons. The lowest BCUT2D eigenvalue weighted by Gasteiger charge is -2.30. The predicted molar refractivity (Wildman–Crippen MR) is 122 cm³/mol. The van der Waals surface area contributed by atoms with Gasteiger partial charge in [-0.05, 0) is 49.4 Å². The molecule has 1 fully saturated rings. The number of nitrogen functional groups attached to an aromatic ring is 1. The summed E-state index contributed by atoms with van der Waals surface area (Å²) >= 11 is 0. The third-order valence-corrected chi connectivity index (χ3v) is 7.96. The number of halogens is 1. The van der Waals surface area contributed by atoms with Crippen LogP contribution in [0.25, 0.3) is 28.2 Å². The molecule has 33 heavy (non-hydrogen) atoms. The monoisotopic (exact) mass is 467 g/mol. The lowest BCUT2D eigenvalue weighted by Crippen LogP contribution is -2.33. The van der Waals surface area contributed by atoms with E-state index in [1.165, 1.54) is 12.3 Å². The first-order valence-corrected chi connectivity index (χ1v) is 12.1. The summed E-state index contributed by atoms with van der Waals surface area (Å²) in [5.74, 6) is -0.438. The van der Waals surface area contributed by atoms with Crippen LogP contribution in [-0.2, 0) is 9.84 Å². The Hall–Kier alpha value is -3.37. The van der Waals surface area contributed by atoms with Gasteiger partial charge < -0.3 is 10.8 Å². The molecular formula is C23H22FN5O3S. The highest BCUT2D eigenvalue weighted by atomic mass is 32.2. The number of hydrogen-bond donors (Lipinski definition) is 2. The smallest absolute Gasteiger partial charge is 0.180 e. The van der Waals surface area contributed by atoms with E-state index in [4.69, 9.17) is 5.73 Å². The maximum atomic E-state index is 14.3. The fraction of sp³-hybridized carbons (Fsp3) is 0.261. The third-order valence-electron chi connectivity index (χ3n) is 6.08. The first kappa shape index (κ1) is 21.5. The van der Waals surface area contributed by atoms with Crippen LogP contribution in [0.5, 0.6) is 0 Å². The first-order valence-electron chi connectivity index (χ1n) is 10.5. The molecule has 3 aromatic heterocycles. The maximum absolute atomic E-state index is 14.3. The number of aliphatic hydroxyl groups excluding tert-OH is 1. The van der Waals surface area contributed by atoms with Gasteiger partial charge >= 0.3 is 0 Å². The van der Waals surface area contributed by atoms with Crippen molar-refractivity contribution in [2.75, 3.05) is 11.5 Å². The van der Waals surface area contributed by atoms with E-state index < -0.39 is 21.8 Å². The number of aryl methyl sites for hydroxylation is 1. The Bertz CT molecular complexity index is 1480. The maximum Gasteiger partial charge on any atom is 0.180 e. The molecule has 1 aliphatic carbocycles. The second-order valence-corrected chi connectivity index (χ2v) is 10.5. The molecule has 1 saturated carbocycles. The summed E-state index contributed by atoms with van der Waals surface area (Å²) in [5.41, 5.74) is 9.19. The Morgan fingerprint density at radius 3 is 2.73 bits per heavy atom. The van der Waals surface area contributed by atoms with E-state index in [0.717, 1.165) is 11.8 Å². The Morgan fingerprint density at radius 1 is 1.21 bits per heavy atom. The Kier molecular flexibility index (Phi) is 5.13. The molecule has 0 atom stereocenters. The number of aromatic nitrogens is 4. The summed E-state index contributed by atoms with van der Waals surface area (Å²) in [6, 6.07) is 6.49. The summed E-state index contributed by atoms with van der Waals surface area (Å²) in [4.78, 5) is 12.6. The second kappa shape index (κ2) is 7.89. The van der Waals surface area contributed by atoms with Gasteiger partial charge in [0.15, 0.2) is 27.1 Å². The number of aliphatic hydroxyl groups is 1. The van der Waals surface area contributed by atoms with Gasteiger partial charge in [0.05, 0.1) is 40.5 Å². The highest BCUT2D eigenvalue weighted by Crippen LogP contribution is 2.33. The van der Waals surface area contributed by atoms with Gasteiger partial charge in [-0.3, -0.25) is 9.38 Å². The van der Waals surface area contributed by atoms with Crippen LogP contribution in [-0.4, -0.2) is 44.7 Å². The highest BCUT2D eigenvalue weighted by molar-refractivity contribution is 7.91. The number of anilines is 1. The van der Waals surface area contributed by atoms with Gasteiger partial charge in [-0.25, -0.2) is 22.8 Å². The van der Waals surface area contributed by atoms with Crippen molar-refractivity contribution in [3.8, 4) is 22.5 Å². The number of fused-ring (bicyclic) bond motifs is 1. The minimum Gasteiger partial charge on any atom is -0.393 e. The van der Waals surface area contributed by atoms with Crippen molar-refractivity contribution in [2.45, 2.75) is 30.8 Å². The average Bonchev–Trinajstić information content (AvgIpc) is 3.17.